The van der Waals surface area contributed by atoms with Gasteiger partial charge in [0.25, 0.3) is 0 Å². The van der Waals surface area contributed by atoms with Crippen molar-refractivity contribution >= 4 is 43.9 Å². The summed E-state index contributed by atoms with van der Waals surface area (Å²) in [4.78, 5) is 0. The van der Waals surface area contributed by atoms with Crippen LogP contribution in [0.1, 0.15) is 0 Å². The summed E-state index contributed by atoms with van der Waals surface area (Å²) in [6.45, 7) is 0. The van der Waals surface area contributed by atoms with Gasteiger partial charge in [-0.2, -0.15) is 16.8 Å². The van der Waals surface area contributed by atoms with Gasteiger partial charge >= 0.3 is 43.9 Å². The Morgan fingerprint density at radius 1 is 0.909 bits per heavy atom. The van der Waals surface area contributed by atoms with Gasteiger partial charge in [0.1, 0.15) is 0 Å². The summed E-state index contributed by atoms with van der Waals surface area (Å²) in [6.07, 6.45) is 0. The second kappa shape index (κ2) is 5.20. The molecule has 0 amide bonds. The van der Waals surface area contributed by atoms with Gasteiger partial charge in [-0.15, -0.1) is 3.63 Å². The number of hydrogen-bond donors (Lipinski definition) is 2. The molecule has 0 radical (unpaired) electrons. The molecular weight excluding hydrogens is 216 g/mol. The summed E-state index contributed by atoms with van der Waals surface area (Å²) < 4.78 is 55.6. The smallest absolute Gasteiger partial charge is 0.412 e. The molecule has 0 saturated carbocycles. The molecule has 0 spiro atoms. The highest BCUT2D eigenvalue weighted by Crippen LogP contribution is 1.91. The van der Waals surface area contributed by atoms with Crippen LogP contribution >= 0.6 is 0 Å². The van der Waals surface area contributed by atoms with Gasteiger partial charge in [-0.25, -0.2) is 0 Å². The third-order valence-corrected chi connectivity index (χ3v) is 1.55. The molecule has 0 unspecified atom stereocenters. The SMILES string of the molecule is O.O=S(=O)(O)OS(=O)(=O)O.[MgH2]. The Morgan fingerprint density at radius 3 is 1.09 bits per heavy atom. The third kappa shape index (κ3) is 18.0. The van der Waals surface area contributed by atoms with Crippen LogP contribution in [0.5, 0.6) is 0 Å². The van der Waals surface area contributed by atoms with Crippen molar-refractivity contribution in [2.45, 2.75) is 0 Å². The Morgan fingerprint density at radius 2 is 1.09 bits per heavy atom. The van der Waals surface area contributed by atoms with E-state index in [1.54, 1.807) is 0 Å². The van der Waals surface area contributed by atoms with Gasteiger partial charge in [-0.05, 0) is 0 Å². The molecule has 0 aromatic rings. The van der Waals surface area contributed by atoms with E-state index in [1.807, 2.05) is 0 Å². The molecule has 0 aliphatic heterocycles. The molecule has 11 heavy (non-hydrogen) atoms. The van der Waals surface area contributed by atoms with Crippen LogP contribution in [0.3, 0.4) is 0 Å². The molecule has 0 aromatic heterocycles. The summed E-state index contributed by atoms with van der Waals surface area (Å²) in [5, 5.41) is 0. The molecule has 0 atom stereocenters. The maximum absolute atomic E-state index is 9.44. The van der Waals surface area contributed by atoms with Gasteiger partial charge in [0.2, 0.25) is 0 Å². The molecular formula is H6MgO8S2. The van der Waals surface area contributed by atoms with E-state index in [1.165, 1.54) is 0 Å². The lowest BCUT2D eigenvalue weighted by molar-refractivity contribution is 0.344. The average Bonchev–Trinajstić information content (AvgIpc) is 1.14. The molecule has 0 heterocycles. The summed E-state index contributed by atoms with van der Waals surface area (Å²) in [5.74, 6) is 0. The molecule has 0 bridgehead atoms. The Bertz CT molecular complexity index is 237. The Hall–Kier alpha value is 0.506. The topological polar surface area (TPSA) is 149 Å². The molecule has 8 nitrogen and oxygen atoms in total. The van der Waals surface area contributed by atoms with Gasteiger partial charge < -0.3 is 5.48 Å². The molecule has 68 valence electrons. The van der Waals surface area contributed by atoms with Crippen molar-refractivity contribution in [2.75, 3.05) is 0 Å². The van der Waals surface area contributed by atoms with E-state index in [-0.39, 0.29) is 28.5 Å². The lowest BCUT2D eigenvalue weighted by atomic mass is 15.8. The highest BCUT2D eigenvalue weighted by Gasteiger charge is 2.15. The van der Waals surface area contributed by atoms with Gasteiger partial charge in [-0.1, -0.05) is 0 Å². The van der Waals surface area contributed by atoms with Crippen LogP contribution in [0, 0.1) is 0 Å². The predicted octanol–water partition coefficient (Wildman–Crippen LogP) is -3.13. The Kier molecular flexibility index (Phi) is 8.31. The van der Waals surface area contributed by atoms with Crippen LogP contribution < -0.4 is 0 Å². The van der Waals surface area contributed by atoms with Gasteiger partial charge in [0.05, 0.1) is 0 Å². The fourth-order valence-electron chi connectivity index (χ4n) is 0.109. The van der Waals surface area contributed by atoms with Crippen LogP contribution in [0.2, 0.25) is 0 Å². The van der Waals surface area contributed by atoms with Crippen molar-refractivity contribution in [3.63, 3.8) is 0 Å². The van der Waals surface area contributed by atoms with E-state index < -0.39 is 20.8 Å². The molecule has 11 heteroatoms. The monoisotopic (exact) mass is 222 g/mol. The summed E-state index contributed by atoms with van der Waals surface area (Å²) >= 11 is 0. The highest BCUT2D eigenvalue weighted by atomic mass is 32.3. The first-order valence-electron chi connectivity index (χ1n) is 1.37. The van der Waals surface area contributed by atoms with Crippen molar-refractivity contribution < 1.29 is 35.0 Å². The maximum Gasteiger partial charge on any atom is 0.413 e. The van der Waals surface area contributed by atoms with Crippen LogP contribution in [0.15, 0.2) is 0 Å². The van der Waals surface area contributed by atoms with Crippen LogP contribution in [-0.4, -0.2) is 54.5 Å². The molecule has 4 N–H and O–H groups in total. The largest absolute Gasteiger partial charge is 0.413 e. The fraction of sp³-hybridized carbons (Fsp3) is 0. The van der Waals surface area contributed by atoms with Gasteiger partial charge in [0.15, 0.2) is 0 Å². The van der Waals surface area contributed by atoms with E-state index in [4.69, 9.17) is 9.11 Å². The predicted molar refractivity (Wildman–Crippen MR) is 36.3 cm³/mol. The minimum absolute atomic E-state index is 0. The van der Waals surface area contributed by atoms with Crippen LogP contribution in [0.4, 0.5) is 0 Å². The Balaban J connectivity index is -0.000000320. The summed E-state index contributed by atoms with van der Waals surface area (Å²) in [6, 6.07) is 0. The normalized spacial score (nSPS) is 11.1. The molecule has 0 saturated heterocycles. The first-order chi connectivity index (χ1) is 3.71. The van der Waals surface area contributed by atoms with Crippen LogP contribution in [-0.2, 0) is 24.4 Å². The van der Waals surface area contributed by atoms with Gasteiger partial charge in [-0.3, -0.25) is 9.11 Å². The minimum Gasteiger partial charge on any atom is -0.412 e. The third-order valence-electron chi connectivity index (χ3n) is 0.172. The minimum atomic E-state index is -5.12. The number of rotatable bonds is 2. The quantitative estimate of drug-likeness (QED) is 0.370. The van der Waals surface area contributed by atoms with E-state index in [0.29, 0.717) is 0 Å². The second-order valence-corrected chi connectivity index (χ2v) is 3.18. The summed E-state index contributed by atoms with van der Waals surface area (Å²) in [7, 11) is -10.2. The van der Waals surface area contributed by atoms with Gasteiger partial charge in [0, 0.05) is 0 Å². The highest BCUT2D eigenvalue weighted by molar-refractivity contribution is 7.94. The molecule has 0 fully saturated rings. The van der Waals surface area contributed by atoms with Crippen molar-refractivity contribution in [2.24, 2.45) is 0 Å². The van der Waals surface area contributed by atoms with E-state index >= 15 is 0 Å². The van der Waals surface area contributed by atoms with Crippen molar-refractivity contribution in [1.29, 1.82) is 0 Å². The first-order valence-corrected chi connectivity index (χ1v) is 4.10. The zero-order chi connectivity index (χ0) is 7.71. The average molecular weight is 222 g/mol. The Labute approximate surface area is 78.9 Å². The van der Waals surface area contributed by atoms with E-state index in [2.05, 4.69) is 3.63 Å². The molecule has 0 aromatic carbocycles. The lowest BCUT2D eigenvalue weighted by Crippen LogP contribution is -2.10. The fourth-order valence-corrected chi connectivity index (χ4v) is 0.978. The summed E-state index contributed by atoms with van der Waals surface area (Å²) in [5.41, 5.74) is 0. The van der Waals surface area contributed by atoms with Crippen LogP contribution in [0.25, 0.3) is 0 Å². The zero-order valence-corrected chi connectivity index (χ0v) is 5.89. The van der Waals surface area contributed by atoms with Crippen molar-refractivity contribution in [3.05, 3.63) is 0 Å². The van der Waals surface area contributed by atoms with Crippen molar-refractivity contribution in [3.8, 4) is 0 Å². The molecule has 0 aliphatic carbocycles. The first kappa shape index (κ1) is 17.6. The maximum atomic E-state index is 9.44. The van der Waals surface area contributed by atoms with Crippen molar-refractivity contribution in [1.82, 2.24) is 0 Å². The zero-order valence-electron chi connectivity index (χ0n) is 4.25. The van der Waals surface area contributed by atoms with E-state index in [0.717, 1.165) is 0 Å². The lowest BCUT2D eigenvalue weighted by Gasteiger charge is -1.89. The van der Waals surface area contributed by atoms with E-state index in [9.17, 15) is 16.8 Å². The number of hydrogen-bond acceptors (Lipinski definition) is 5. The standard InChI is InChI=1S/Mg.H2O7S2.H2O.2H/c;1-8(2,3)7-9(4,5)6;;;/h;(H,1,2,3)(H,4,5,6);1H2;;. The molecule has 0 rings (SSSR count). The second-order valence-electron chi connectivity index (χ2n) is 0.924. The molecule has 0 aliphatic rings.